The second-order valence-electron chi connectivity index (χ2n) is 12.0. The molecule has 4 aliphatic rings. The summed E-state index contributed by atoms with van der Waals surface area (Å²) in [6.07, 6.45) is 6.88. The fraction of sp³-hybridized carbons (Fsp3) is 0.933. The van der Waals surface area contributed by atoms with Crippen LogP contribution in [0.3, 0.4) is 0 Å². The van der Waals surface area contributed by atoms with Crippen molar-refractivity contribution in [1.29, 1.82) is 0 Å². The van der Waals surface area contributed by atoms with Crippen molar-refractivity contribution in [2.24, 2.45) is 34.5 Å². The Morgan fingerprint density at radius 1 is 0.970 bits per heavy atom. The maximum Gasteiger partial charge on any atom is 0.306 e. The predicted octanol–water partition coefficient (Wildman–Crippen LogP) is 8.04. The quantitative estimate of drug-likeness (QED) is 0.243. The number of carbonyl (C=O) groups is 2. The second kappa shape index (κ2) is 10.8. The van der Waals surface area contributed by atoms with E-state index in [1.165, 1.54) is 32.1 Å². The van der Waals surface area contributed by atoms with Crippen molar-refractivity contribution in [3.63, 3.8) is 0 Å². The lowest BCUT2D eigenvalue weighted by molar-refractivity contribution is -0.164. The molecule has 0 saturated heterocycles. The van der Waals surface area contributed by atoms with Crippen LogP contribution in [0.15, 0.2) is 0 Å². The van der Waals surface area contributed by atoms with Crippen LogP contribution in [0.5, 0.6) is 0 Å². The summed E-state index contributed by atoms with van der Waals surface area (Å²) in [5, 5.41) is 0. The number of fused-ring (bicyclic) bond motifs is 5. The van der Waals surface area contributed by atoms with E-state index < -0.39 is 30.2 Å². The molecule has 188 valence electrons. The molecule has 0 aliphatic heterocycles. The van der Waals surface area contributed by atoms with Crippen molar-refractivity contribution >= 4 is 11.8 Å². The van der Waals surface area contributed by atoms with Gasteiger partial charge in [-0.1, -0.05) is 65.7 Å². The summed E-state index contributed by atoms with van der Waals surface area (Å²) >= 11 is 0. The van der Waals surface area contributed by atoms with Gasteiger partial charge in [0.05, 0.1) is 1.37 Å². The highest BCUT2D eigenvalue weighted by molar-refractivity contribution is 5.79. The lowest BCUT2D eigenvalue weighted by atomic mass is 9.45. The number of hydrogen-bond donors (Lipinski definition) is 0. The highest BCUT2D eigenvalue weighted by Crippen LogP contribution is 2.66. The van der Waals surface area contributed by atoms with E-state index in [4.69, 9.17) is 10.2 Å². The van der Waals surface area contributed by atoms with Gasteiger partial charge in [-0.25, -0.2) is 0 Å². The molecule has 4 saturated carbocycles. The zero-order valence-electron chi connectivity index (χ0n) is 26.3. The maximum atomic E-state index is 12.9. The van der Waals surface area contributed by atoms with Gasteiger partial charge in [-0.15, -0.1) is 0 Å². The molecule has 0 spiro atoms. The van der Waals surface area contributed by atoms with Crippen molar-refractivity contribution < 1.29 is 21.2 Å². The Kier molecular flexibility index (Phi) is 6.34. The third kappa shape index (κ3) is 5.22. The minimum absolute atomic E-state index is 0.0769. The molecule has 0 amide bonds. The molecule has 7 atom stereocenters. The van der Waals surface area contributed by atoms with E-state index in [1.807, 2.05) is 6.92 Å². The van der Waals surface area contributed by atoms with Gasteiger partial charge in [-0.3, -0.25) is 9.59 Å². The van der Waals surface area contributed by atoms with Crippen molar-refractivity contribution in [2.75, 3.05) is 0 Å². The number of unbranched alkanes of at least 4 members (excludes halogenated alkanes) is 7. The first kappa shape index (κ1) is 19.3. The minimum Gasteiger partial charge on any atom is -0.462 e. The van der Waals surface area contributed by atoms with Crippen LogP contribution >= 0.6 is 0 Å². The average Bonchev–Trinajstić information content (AvgIpc) is 2.99. The maximum absolute atomic E-state index is 12.9. The summed E-state index contributed by atoms with van der Waals surface area (Å²) in [5.41, 5.74) is -1.16. The number of carbonyl (C=O) groups excluding carboxylic acids is 2. The van der Waals surface area contributed by atoms with Gasteiger partial charge >= 0.3 is 5.97 Å². The van der Waals surface area contributed by atoms with Gasteiger partial charge in [-0.2, -0.15) is 0 Å². The third-order valence-corrected chi connectivity index (χ3v) is 9.90. The van der Waals surface area contributed by atoms with Gasteiger partial charge in [0.25, 0.3) is 0 Å². The first-order chi connectivity index (χ1) is 17.7. The Hall–Kier alpha value is -0.860. The smallest absolute Gasteiger partial charge is 0.306 e. The molecule has 0 aromatic rings. The number of Topliss-reactive ketones (excluding diaryl/α,β-unsaturated/α-hetero) is 1. The summed E-state index contributed by atoms with van der Waals surface area (Å²) in [7, 11) is 0. The summed E-state index contributed by atoms with van der Waals surface area (Å²) in [4.78, 5) is 25.2. The van der Waals surface area contributed by atoms with E-state index in [0.717, 1.165) is 19.3 Å². The van der Waals surface area contributed by atoms with E-state index in [0.29, 0.717) is 38.5 Å². The largest absolute Gasteiger partial charge is 0.462 e. The van der Waals surface area contributed by atoms with Gasteiger partial charge in [0, 0.05) is 30.2 Å². The molecular formula is C30H50O3. The topological polar surface area (TPSA) is 43.4 Å². The number of hydrogen-bond acceptors (Lipinski definition) is 3. The summed E-state index contributed by atoms with van der Waals surface area (Å²) < 4.78 is 50.9. The predicted molar refractivity (Wildman–Crippen MR) is 134 cm³/mol. The van der Waals surface area contributed by atoms with Crippen LogP contribution in [-0.2, 0) is 14.3 Å². The Balaban J connectivity index is 1.45. The molecule has 0 aromatic heterocycles. The summed E-state index contributed by atoms with van der Waals surface area (Å²) in [6.45, 7) is 6.28. The lowest BCUT2D eigenvalue weighted by Gasteiger charge is -2.60. The van der Waals surface area contributed by atoms with Crippen molar-refractivity contribution in [3.05, 3.63) is 0 Å². The SMILES string of the molecule is [2H]C1([2H])C[C@@H]2[C@H](CC[C@@]3(C)[C@H]2CC([2H])([2H])[C@]3([2H])OC(=O)CCCCCCCCCC)[C@@]2(C)CCC(=O)CC12. The summed E-state index contributed by atoms with van der Waals surface area (Å²) in [6, 6.07) is 0. The van der Waals surface area contributed by atoms with Crippen molar-refractivity contribution in [3.8, 4) is 0 Å². The zero-order valence-corrected chi connectivity index (χ0v) is 21.3. The van der Waals surface area contributed by atoms with Gasteiger partial charge in [0.15, 0.2) is 0 Å². The number of ether oxygens (including phenoxy) is 1. The molecule has 4 aliphatic carbocycles. The first-order valence-corrected chi connectivity index (χ1v) is 14.0. The zero-order chi connectivity index (χ0) is 28.0. The molecule has 0 radical (unpaired) electrons. The van der Waals surface area contributed by atoms with E-state index in [9.17, 15) is 11.0 Å². The van der Waals surface area contributed by atoms with Crippen LogP contribution < -0.4 is 0 Å². The second-order valence-corrected chi connectivity index (χ2v) is 12.0. The molecule has 33 heavy (non-hydrogen) atoms. The highest BCUT2D eigenvalue weighted by atomic mass is 16.5. The normalized spacial score (nSPS) is 47.6. The van der Waals surface area contributed by atoms with Crippen LogP contribution in [0.25, 0.3) is 0 Å². The Labute approximate surface area is 210 Å². The van der Waals surface area contributed by atoms with Crippen LogP contribution in [0.1, 0.15) is 143 Å². The first-order valence-electron chi connectivity index (χ1n) is 16.5. The molecule has 0 heterocycles. The standard InChI is InChI=1S/C30H50O3/c1-4-5-6-7-8-9-10-11-12-28(32)33-27-16-15-25-24-14-13-22-21-23(31)17-19-29(22,2)26(24)18-20-30(25,27)3/h22,24-27H,4-21H2,1-3H3/t22?,24-,25-,26-,27-,29-,30-/m0/s1/i13D2,16D2,27D. The van der Waals surface area contributed by atoms with Crippen LogP contribution in [0, 0.1) is 34.5 Å². The van der Waals surface area contributed by atoms with E-state index in [2.05, 4.69) is 13.8 Å². The molecule has 4 rings (SSSR count). The van der Waals surface area contributed by atoms with Gasteiger partial charge in [0.1, 0.15) is 11.9 Å². The third-order valence-electron chi connectivity index (χ3n) is 9.90. The van der Waals surface area contributed by atoms with Gasteiger partial charge in [-0.05, 0) is 80.4 Å². The van der Waals surface area contributed by atoms with Crippen LogP contribution in [0.2, 0.25) is 0 Å². The number of esters is 1. The molecular weight excluding hydrogens is 408 g/mol. The van der Waals surface area contributed by atoms with Gasteiger partial charge in [0.2, 0.25) is 0 Å². The number of rotatable bonds is 10. The molecule has 1 unspecified atom stereocenters. The number of ketones is 1. The molecule has 0 N–H and O–H groups in total. The average molecular weight is 464 g/mol. The fourth-order valence-electron chi connectivity index (χ4n) is 7.67. The monoisotopic (exact) mass is 463 g/mol. The molecule has 3 nitrogen and oxygen atoms in total. The minimum atomic E-state index is -2.00. The molecule has 4 fully saturated rings. The molecule has 0 bridgehead atoms. The molecule has 3 heteroatoms. The van der Waals surface area contributed by atoms with E-state index >= 15 is 0 Å². The van der Waals surface area contributed by atoms with Gasteiger partial charge < -0.3 is 4.74 Å². The molecule has 0 aromatic carbocycles. The Morgan fingerprint density at radius 3 is 2.42 bits per heavy atom. The fourth-order valence-corrected chi connectivity index (χ4v) is 7.67. The van der Waals surface area contributed by atoms with Crippen molar-refractivity contribution in [1.82, 2.24) is 0 Å². The highest BCUT2D eigenvalue weighted by Gasteiger charge is 2.61. The van der Waals surface area contributed by atoms with Crippen LogP contribution in [-0.4, -0.2) is 17.8 Å². The van der Waals surface area contributed by atoms with Crippen molar-refractivity contribution in [2.45, 2.75) is 142 Å². The van der Waals surface area contributed by atoms with E-state index in [1.54, 1.807) is 0 Å². The van der Waals surface area contributed by atoms with Crippen LogP contribution in [0.4, 0.5) is 0 Å². The lowest BCUT2D eigenvalue weighted by Crippen LogP contribution is -2.54. The Morgan fingerprint density at radius 2 is 1.67 bits per heavy atom. The Bertz CT molecular complexity index is 893. The van der Waals surface area contributed by atoms with E-state index in [-0.39, 0.29) is 47.7 Å². The summed E-state index contributed by atoms with van der Waals surface area (Å²) in [5.74, 6) is -0.724.